The van der Waals surface area contributed by atoms with E-state index in [1.165, 1.54) is 18.6 Å². The highest BCUT2D eigenvalue weighted by Crippen LogP contribution is 2.23. The molecule has 0 atom stereocenters. The molecule has 0 spiro atoms. The lowest BCUT2D eigenvalue weighted by Gasteiger charge is -2.03. The lowest BCUT2D eigenvalue weighted by molar-refractivity contribution is 0.0566. The molecule has 0 aliphatic rings. The van der Waals surface area contributed by atoms with Crippen LogP contribution >= 0.6 is 0 Å². The molecule has 3 rings (SSSR count). The number of alkyl halides is 2. The highest BCUT2D eigenvalue weighted by atomic mass is 19.3. The van der Waals surface area contributed by atoms with Gasteiger partial charge in [0.25, 0.3) is 0 Å². The summed E-state index contributed by atoms with van der Waals surface area (Å²) >= 11 is 0. The standard InChI is InChI=1S/C15H14F2N4O/c1-9(2)14(22)12-6-19-20-7-10(3-4-13(12)20)11-5-18-21(8-11)15(16)17/h3-9,15H,1-2H3. The van der Waals surface area contributed by atoms with Crippen molar-refractivity contribution in [2.75, 3.05) is 0 Å². The van der Waals surface area contributed by atoms with E-state index in [4.69, 9.17) is 0 Å². The Hall–Kier alpha value is -2.57. The minimum atomic E-state index is -2.67. The van der Waals surface area contributed by atoms with Gasteiger partial charge in [0.1, 0.15) is 0 Å². The first kappa shape index (κ1) is 14.4. The maximum Gasteiger partial charge on any atom is 0.333 e. The number of nitrogens with zero attached hydrogens (tertiary/aromatic N) is 4. The number of halogens is 2. The van der Waals surface area contributed by atoms with Gasteiger partial charge >= 0.3 is 6.55 Å². The maximum atomic E-state index is 12.6. The van der Waals surface area contributed by atoms with Gasteiger partial charge in [0.05, 0.1) is 23.5 Å². The molecule has 22 heavy (non-hydrogen) atoms. The first-order valence-electron chi connectivity index (χ1n) is 6.81. The minimum absolute atomic E-state index is 0.0215. The van der Waals surface area contributed by atoms with E-state index in [0.717, 1.165) is 0 Å². The normalized spacial score (nSPS) is 11.7. The Bertz CT molecular complexity index is 835. The van der Waals surface area contributed by atoms with Crippen LogP contribution in [0, 0.1) is 5.92 Å². The second-order valence-corrected chi connectivity index (χ2v) is 5.31. The average molecular weight is 304 g/mol. The van der Waals surface area contributed by atoms with Crippen molar-refractivity contribution in [2.45, 2.75) is 20.4 Å². The third-order valence-electron chi connectivity index (χ3n) is 3.44. The minimum Gasteiger partial charge on any atom is -0.294 e. The van der Waals surface area contributed by atoms with Gasteiger partial charge in [-0.1, -0.05) is 19.9 Å². The molecule has 0 bridgehead atoms. The van der Waals surface area contributed by atoms with Gasteiger partial charge in [0.2, 0.25) is 0 Å². The molecule has 0 saturated carbocycles. The van der Waals surface area contributed by atoms with Crippen molar-refractivity contribution in [3.05, 3.63) is 42.5 Å². The smallest absolute Gasteiger partial charge is 0.294 e. The van der Waals surface area contributed by atoms with Gasteiger partial charge in [-0.2, -0.15) is 19.0 Å². The van der Waals surface area contributed by atoms with Crippen molar-refractivity contribution >= 4 is 11.3 Å². The van der Waals surface area contributed by atoms with E-state index in [0.29, 0.717) is 26.9 Å². The van der Waals surface area contributed by atoms with E-state index in [2.05, 4.69) is 10.2 Å². The predicted octanol–water partition coefficient (Wildman–Crippen LogP) is 3.43. The fourth-order valence-electron chi connectivity index (χ4n) is 2.25. The van der Waals surface area contributed by atoms with Gasteiger partial charge in [-0.15, -0.1) is 0 Å². The van der Waals surface area contributed by atoms with E-state index in [9.17, 15) is 13.6 Å². The van der Waals surface area contributed by atoms with Crippen molar-refractivity contribution in [3.63, 3.8) is 0 Å². The molecule has 0 saturated heterocycles. The van der Waals surface area contributed by atoms with E-state index in [-0.39, 0.29) is 11.7 Å². The number of carbonyl (C=O) groups is 1. The quantitative estimate of drug-likeness (QED) is 0.694. The summed E-state index contributed by atoms with van der Waals surface area (Å²) in [5, 5.41) is 7.78. The van der Waals surface area contributed by atoms with Crippen molar-refractivity contribution in [2.24, 2.45) is 5.92 Å². The van der Waals surface area contributed by atoms with Crippen LogP contribution in [0.2, 0.25) is 0 Å². The number of hydrogen-bond acceptors (Lipinski definition) is 3. The molecular weight excluding hydrogens is 290 g/mol. The Morgan fingerprint density at radius 2 is 1.86 bits per heavy atom. The molecule has 7 heteroatoms. The van der Waals surface area contributed by atoms with Crippen LogP contribution in [0.4, 0.5) is 8.78 Å². The van der Waals surface area contributed by atoms with Crippen LogP contribution in [0.1, 0.15) is 30.8 Å². The van der Waals surface area contributed by atoms with Gasteiger partial charge < -0.3 is 0 Å². The van der Waals surface area contributed by atoms with Crippen LogP contribution in [-0.2, 0) is 0 Å². The van der Waals surface area contributed by atoms with E-state index < -0.39 is 6.55 Å². The summed E-state index contributed by atoms with van der Waals surface area (Å²) in [6, 6.07) is 3.53. The van der Waals surface area contributed by atoms with Gasteiger partial charge in [-0.25, -0.2) is 9.20 Å². The summed E-state index contributed by atoms with van der Waals surface area (Å²) in [5.41, 5.74) is 2.52. The van der Waals surface area contributed by atoms with Crippen LogP contribution < -0.4 is 0 Å². The average Bonchev–Trinajstić information content (AvgIpc) is 3.12. The second kappa shape index (κ2) is 5.32. The SMILES string of the molecule is CC(C)C(=O)c1cnn2cc(-c3cnn(C(F)F)c3)ccc12. The third-order valence-corrected chi connectivity index (χ3v) is 3.44. The van der Waals surface area contributed by atoms with Crippen LogP contribution in [0.15, 0.2) is 36.9 Å². The number of fused-ring (bicyclic) bond motifs is 1. The summed E-state index contributed by atoms with van der Waals surface area (Å²) in [6.07, 6.45) is 5.87. The van der Waals surface area contributed by atoms with Crippen LogP contribution in [0.3, 0.4) is 0 Å². The van der Waals surface area contributed by atoms with Crippen molar-refractivity contribution in [1.29, 1.82) is 0 Å². The van der Waals surface area contributed by atoms with E-state index in [1.807, 2.05) is 13.8 Å². The number of ketones is 1. The van der Waals surface area contributed by atoms with Crippen molar-refractivity contribution in [3.8, 4) is 11.1 Å². The zero-order valence-corrected chi connectivity index (χ0v) is 12.1. The number of pyridine rings is 1. The Kier molecular flexibility index (Phi) is 3.48. The van der Waals surface area contributed by atoms with Crippen molar-refractivity contribution < 1.29 is 13.6 Å². The van der Waals surface area contributed by atoms with E-state index >= 15 is 0 Å². The summed E-state index contributed by atoms with van der Waals surface area (Å²) in [7, 11) is 0. The molecule has 0 fully saturated rings. The lowest BCUT2D eigenvalue weighted by atomic mass is 10.0. The molecule has 3 aromatic rings. The fourth-order valence-corrected chi connectivity index (χ4v) is 2.25. The molecule has 0 aromatic carbocycles. The summed E-state index contributed by atoms with van der Waals surface area (Å²) in [4.78, 5) is 12.1. The van der Waals surface area contributed by atoms with Gasteiger partial charge in [0.15, 0.2) is 5.78 Å². The first-order valence-corrected chi connectivity index (χ1v) is 6.81. The van der Waals surface area contributed by atoms with Crippen LogP contribution in [0.25, 0.3) is 16.6 Å². The molecule has 0 N–H and O–H groups in total. The molecule has 0 aliphatic heterocycles. The van der Waals surface area contributed by atoms with Crippen LogP contribution in [-0.4, -0.2) is 25.2 Å². The number of hydrogen-bond donors (Lipinski definition) is 0. The lowest BCUT2D eigenvalue weighted by Crippen LogP contribution is -2.06. The molecule has 0 amide bonds. The molecule has 3 heterocycles. The van der Waals surface area contributed by atoms with Gasteiger partial charge in [-0.3, -0.25) is 4.79 Å². The zero-order chi connectivity index (χ0) is 15.9. The molecule has 3 aromatic heterocycles. The highest BCUT2D eigenvalue weighted by molar-refractivity contribution is 6.03. The second-order valence-electron chi connectivity index (χ2n) is 5.31. The molecule has 114 valence electrons. The Balaban J connectivity index is 2.02. The van der Waals surface area contributed by atoms with E-state index in [1.54, 1.807) is 22.8 Å². The van der Waals surface area contributed by atoms with Gasteiger partial charge in [0, 0.05) is 29.4 Å². The number of carbonyl (C=O) groups excluding carboxylic acids is 1. The number of rotatable bonds is 4. The maximum absolute atomic E-state index is 12.6. The number of Topliss-reactive ketones (excluding diaryl/α,β-unsaturated/α-hetero) is 1. The monoisotopic (exact) mass is 304 g/mol. The van der Waals surface area contributed by atoms with Crippen LogP contribution in [0.5, 0.6) is 0 Å². The first-order chi connectivity index (χ1) is 10.5. The molecule has 5 nitrogen and oxygen atoms in total. The topological polar surface area (TPSA) is 52.2 Å². The Morgan fingerprint density at radius 1 is 1.09 bits per heavy atom. The highest BCUT2D eigenvalue weighted by Gasteiger charge is 2.16. The molecule has 0 radical (unpaired) electrons. The summed E-state index contributed by atoms with van der Waals surface area (Å²) < 4.78 is 27.3. The third kappa shape index (κ3) is 2.38. The zero-order valence-electron chi connectivity index (χ0n) is 12.1. The molecular formula is C15H14F2N4O. The molecule has 0 aliphatic carbocycles. The summed E-state index contributed by atoms with van der Waals surface area (Å²) in [6.45, 7) is 0.996. The van der Waals surface area contributed by atoms with Gasteiger partial charge in [-0.05, 0) is 6.07 Å². The fraction of sp³-hybridized carbons (Fsp3) is 0.267. The Labute approximate surface area is 125 Å². The molecule has 0 unspecified atom stereocenters. The Morgan fingerprint density at radius 3 is 2.50 bits per heavy atom. The van der Waals surface area contributed by atoms with Crippen molar-refractivity contribution in [1.82, 2.24) is 19.4 Å². The predicted molar refractivity (Wildman–Crippen MR) is 76.8 cm³/mol. The largest absolute Gasteiger partial charge is 0.333 e. The number of aromatic nitrogens is 4. The summed E-state index contributed by atoms with van der Waals surface area (Å²) in [5.74, 6) is -0.0924.